The van der Waals surface area contributed by atoms with Crippen molar-refractivity contribution in [3.05, 3.63) is 218 Å². The highest BCUT2D eigenvalue weighted by Gasteiger charge is 2.52. The number of carbonyl (C=O) groups is 2. The third-order valence-corrected chi connectivity index (χ3v) is 26.4. The van der Waals surface area contributed by atoms with E-state index < -0.39 is 34.2 Å². The third-order valence-electron chi connectivity index (χ3n) is 22.1. The van der Waals surface area contributed by atoms with Gasteiger partial charge in [-0.25, -0.2) is 9.97 Å². The van der Waals surface area contributed by atoms with Crippen LogP contribution in [0.15, 0.2) is 196 Å². The standard InChI is InChI=1S/C41H43N3O5S.C33H36BrN3O3S.C14H19BO4.C8H7BrO2.C6H5BrO2.C2H4Br2/c1-23-17-30-37(50-38(43-30)28-12-10-11-25(18-28)26-13-15-31-29(19-26)21-42-44(31)9)36(27-14-16-32-33(20-27)48-24(2)47-32)35(23)34(49-41(6,7)8)22-46-39(45)40(3,4)5;1-19-14-24-29(28(34)27(19)26(40-33(5,6)7)18-39-31(38)32(2,3)4)41-30(36-24)22-11-9-10-20(15-22)21-12-13-25-23(16-21)17-35-37(25)8;1-9-16-11-7-6-10(8-12(11)17-9)15-18-13(2,3)14(4,5)19-15;1-5-10-7-3-2-6(9)4-8(7)11-5;7-4-1-2-5(8)6(9)3-4;1-2(3)4/h10-21,24,34H,22H2,1-9H3;9-17,26H,18H2,1-8H3;6-9H,1-5H3;2-5H,1H3;1-3,8-9H;2H,1H3/t24?,34-;26-;;;;/m11..../s1. The van der Waals surface area contributed by atoms with Crippen molar-refractivity contribution in [1.82, 2.24) is 29.5 Å². The van der Waals surface area contributed by atoms with Crippen molar-refractivity contribution in [3.63, 3.8) is 0 Å². The Morgan fingerprint density at radius 3 is 1.32 bits per heavy atom. The zero-order chi connectivity index (χ0) is 97.3. The molecule has 2 N–H and O–H groups in total. The number of esters is 2. The van der Waals surface area contributed by atoms with E-state index in [9.17, 15) is 9.59 Å². The Hall–Kier alpha value is -9.44. The van der Waals surface area contributed by atoms with E-state index in [0.717, 1.165) is 161 Å². The topological polar surface area (TPSA) is 247 Å². The van der Waals surface area contributed by atoms with Crippen LogP contribution in [-0.2, 0) is 51.9 Å². The van der Waals surface area contributed by atoms with Crippen LogP contribution in [0.4, 0.5) is 0 Å². The van der Waals surface area contributed by atoms with E-state index in [2.05, 4.69) is 207 Å². The lowest BCUT2D eigenvalue weighted by Gasteiger charge is -2.32. The van der Waals surface area contributed by atoms with E-state index in [1.807, 2.05) is 223 Å². The summed E-state index contributed by atoms with van der Waals surface area (Å²) in [6, 6.07) is 56.1. The lowest BCUT2D eigenvalue weighted by Crippen LogP contribution is -2.41. The minimum absolute atomic E-state index is 0.0727. The lowest BCUT2D eigenvalue weighted by atomic mass is 9.79. The molecule has 0 saturated carbocycles. The van der Waals surface area contributed by atoms with Gasteiger partial charge in [0.25, 0.3) is 0 Å². The van der Waals surface area contributed by atoms with Crippen LogP contribution in [0.3, 0.4) is 0 Å². The molecular formula is C104H114BBr5N6O16S2. The molecule has 0 spiro atoms. The predicted octanol–water partition coefficient (Wildman–Crippen LogP) is 27.7. The van der Waals surface area contributed by atoms with E-state index in [4.69, 9.17) is 76.9 Å². The van der Waals surface area contributed by atoms with Gasteiger partial charge in [-0.05, 0) is 307 Å². The first-order valence-corrected chi connectivity index (χ1v) is 49.8. The number of ether oxygens (including phenoxy) is 10. The summed E-state index contributed by atoms with van der Waals surface area (Å²) in [6.45, 7) is 43.4. The SMILES string of the molecule is CC(Br)Br.CC1Oc2ccc(B3OC(C)(C)C(C)(C)O3)cc2O1.CC1Oc2ccc(Br)cc2O1.Cc1cc2nc(-c3cccc(-c4ccc5c(cnn5C)c4)c3)sc2c(-c2ccc3c(c2)OC(C)O3)c1[C@@H](COC(=O)C(C)(C)C)OC(C)(C)C.Cc1cc2nc(-c3cccc(-c4ccc5c(cnn5C)c4)c3)sc2c(Br)c1[C@@H](COC(=O)C(C)(C)C)OC(C)(C)C.Oc1ccc(Br)cc1O. The molecule has 10 aromatic carbocycles. The van der Waals surface area contributed by atoms with Crippen LogP contribution in [0.1, 0.15) is 173 Å². The second-order valence-corrected chi connectivity index (χ2v) is 46.7. The number of aromatic nitrogens is 6. The molecule has 0 bridgehead atoms. The maximum Gasteiger partial charge on any atom is 0.494 e. The van der Waals surface area contributed by atoms with Gasteiger partial charge in [0.2, 0.25) is 18.9 Å². The summed E-state index contributed by atoms with van der Waals surface area (Å²) in [7, 11) is 3.54. The minimum Gasteiger partial charge on any atom is -0.504 e. The van der Waals surface area contributed by atoms with Gasteiger partial charge in [0.15, 0.2) is 46.0 Å². The summed E-state index contributed by atoms with van der Waals surface area (Å²) >= 11 is 20.0. The second-order valence-electron chi connectivity index (χ2n) is 38.1. The summed E-state index contributed by atoms with van der Waals surface area (Å²) in [5.74, 6) is 3.81. The van der Waals surface area contributed by atoms with Crippen molar-refractivity contribution in [2.75, 3.05) is 13.2 Å². The third kappa shape index (κ3) is 24.9. The van der Waals surface area contributed by atoms with Crippen LogP contribution in [0, 0.1) is 24.7 Å². The molecule has 22 nitrogen and oxygen atoms in total. The Morgan fingerprint density at radius 1 is 0.470 bits per heavy atom. The molecule has 3 unspecified atom stereocenters. The molecule has 0 radical (unpaired) electrons. The molecule has 1 fully saturated rings. The largest absolute Gasteiger partial charge is 0.504 e. The maximum atomic E-state index is 13.0. The van der Waals surface area contributed by atoms with Gasteiger partial charge in [0, 0.05) is 81.3 Å². The smallest absolute Gasteiger partial charge is 0.494 e. The number of aryl methyl sites for hydroxylation is 4. The van der Waals surface area contributed by atoms with E-state index in [-0.39, 0.29) is 73.8 Å². The number of carbonyl (C=O) groups excluding carboxylic acids is 2. The quantitative estimate of drug-likeness (QED) is 0.0444. The van der Waals surface area contributed by atoms with E-state index in [1.165, 1.54) is 12.1 Å². The maximum absolute atomic E-state index is 13.0. The highest BCUT2D eigenvalue weighted by molar-refractivity contribution is 9.24. The molecule has 0 amide bonds. The average molecular weight is 2180 g/mol. The number of hydrogen-bond acceptors (Lipinski definition) is 22. The van der Waals surface area contributed by atoms with E-state index >= 15 is 0 Å². The molecule has 0 aliphatic carbocycles. The van der Waals surface area contributed by atoms with Crippen molar-refractivity contribution in [2.24, 2.45) is 24.9 Å². The number of halogens is 5. The van der Waals surface area contributed by atoms with Gasteiger partial charge in [0.1, 0.15) is 35.4 Å². The van der Waals surface area contributed by atoms with Crippen molar-refractivity contribution in [3.8, 4) is 101 Å². The molecule has 134 heavy (non-hydrogen) atoms. The van der Waals surface area contributed by atoms with E-state index in [0.29, 0.717) is 15.2 Å². The zero-order valence-electron chi connectivity index (χ0n) is 79.8. The molecule has 4 aliphatic rings. The second kappa shape index (κ2) is 41.5. The number of nitrogens with zero attached hydrogens (tertiary/aromatic N) is 6. The molecule has 18 rings (SSSR count). The number of benzene rings is 10. The van der Waals surface area contributed by atoms with Crippen molar-refractivity contribution < 1.29 is 76.5 Å². The highest BCUT2D eigenvalue weighted by Crippen LogP contribution is 2.50. The Morgan fingerprint density at radius 2 is 0.858 bits per heavy atom. The number of thiazole rings is 2. The summed E-state index contributed by atoms with van der Waals surface area (Å²) in [4.78, 5) is 35.8. The number of aromatic hydroxyl groups is 2. The molecule has 5 atom stereocenters. The monoisotopic (exact) mass is 2170 g/mol. The molecule has 706 valence electrons. The predicted molar refractivity (Wildman–Crippen MR) is 553 cm³/mol. The first-order chi connectivity index (χ1) is 62.8. The molecule has 8 heterocycles. The lowest BCUT2D eigenvalue weighted by molar-refractivity contribution is -0.162. The van der Waals surface area contributed by atoms with Crippen molar-refractivity contribution in [2.45, 2.75) is 210 Å². The van der Waals surface area contributed by atoms with Crippen LogP contribution in [0.5, 0.6) is 46.0 Å². The molecule has 30 heteroatoms. The van der Waals surface area contributed by atoms with Crippen LogP contribution in [0.25, 0.3) is 96.8 Å². The fourth-order valence-electron chi connectivity index (χ4n) is 15.0. The normalized spacial score (nSPS) is 16.1. The summed E-state index contributed by atoms with van der Waals surface area (Å²) in [5, 5.41) is 30.4. The Labute approximate surface area is 834 Å². The number of hydrogen-bond donors (Lipinski definition) is 2. The number of fused-ring (bicyclic) bond motifs is 7. The van der Waals surface area contributed by atoms with Gasteiger partial charge in [-0.2, -0.15) is 10.2 Å². The van der Waals surface area contributed by atoms with Gasteiger partial charge >= 0.3 is 19.1 Å². The van der Waals surface area contributed by atoms with Gasteiger partial charge in [-0.15, -0.1) is 22.7 Å². The van der Waals surface area contributed by atoms with Gasteiger partial charge in [-0.3, -0.25) is 19.0 Å². The molecular weight excluding hydrogens is 2060 g/mol. The summed E-state index contributed by atoms with van der Waals surface area (Å²) in [5.41, 5.74) is 14.6. The van der Waals surface area contributed by atoms with Gasteiger partial charge in [0.05, 0.1) is 80.8 Å². The van der Waals surface area contributed by atoms with Gasteiger partial charge in [-0.1, -0.05) is 124 Å². The summed E-state index contributed by atoms with van der Waals surface area (Å²) < 4.78 is 79.5. The highest BCUT2D eigenvalue weighted by atomic mass is 79.9. The average Bonchev–Trinajstić information content (AvgIpc) is 1.53. The first kappa shape index (κ1) is 102. The zero-order valence-corrected chi connectivity index (χ0v) is 89.3. The number of alkyl halides is 2. The fourth-order valence-corrected chi connectivity index (χ4v) is 18.8. The van der Waals surface area contributed by atoms with Crippen molar-refractivity contribution >= 4 is 169 Å². The van der Waals surface area contributed by atoms with Crippen LogP contribution in [0.2, 0.25) is 0 Å². The fraction of sp³-hybridized carbons (Fsp3) is 0.365. The molecule has 1 saturated heterocycles. The van der Waals surface area contributed by atoms with Gasteiger partial charge < -0.3 is 66.9 Å². The molecule has 14 aromatic rings. The van der Waals surface area contributed by atoms with Crippen LogP contribution >= 0.6 is 102 Å². The first-order valence-electron chi connectivity index (χ1n) is 44.0. The summed E-state index contributed by atoms with van der Waals surface area (Å²) in [6.07, 6.45) is 2.07. The van der Waals surface area contributed by atoms with Crippen LogP contribution < -0.4 is 33.9 Å². The molecule has 4 aliphatic heterocycles. The molecule has 4 aromatic heterocycles. The van der Waals surface area contributed by atoms with Crippen molar-refractivity contribution in [1.29, 1.82) is 0 Å². The van der Waals surface area contributed by atoms with E-state index in [1.54, 1.807) is 28.7 Å². The number of phenolic OH excluding ortho intramolecular Hbond substituents is 2. The number of phenols is 2. The van der Waals surface area contributed by atoms with Crippen LogP contribution in [-0.4, -0.2) is 117 Å². The Kier molecular flexibility index (Phi) is 31.6. The minimum atomic E-state index is -0.646. The number of rotatable bonds is 14. The Bertz CT molecular complexity index is 6630. The Balaban J connectivity index is 0.000000159.